The first-order chi connectivity index (χ1) is 5.40. The van der Waals surface area contributed by atoms with E-state index in [1.54, 1.807) is 5.32 Å². The fraction of sp³-hybridized carbons (Fsp3) is 0.833. The fourth-order valence-electron chi connectivity index (χ4n) is 0.785. The molecule has 0 aromatic rings. The second kappa shape index (κ2) is 2.62. The summed E-state index contributed by atoms with van der Waals surface area (Å²) in [5, 5.41) is 10.3. The predicted octanol–water partition coefficient (Wildman–Crippen LogP) is 0.190. The summed E-state index contributed by atoms with van der Waals surface area (Å²) in [7, 11) is 0. The molecule has 0 atom stereocenters. The van der Waals surface area contributed by atoms with Gasteiger partial charge in [-0.15, -0.1) is 0 Å². The number of nitrogens with one attached hydrogen (secondary N) is 1. The van der Waals surface area contributed by atoms with Crippen LogP contribution >= 0.6 is 0 Å². The van der Waals surface area contributed by atoms with Gasteiger partial charge in [0.1, 0.15) is 0 Å². The van der Waals surface area contributed by atoms with E-state index in [-0.39, 0.29) is 0 Å². The molecule has 2 N–H and O–H groups in total. The summed E-state index contributed by atoms with van der Waals surface area (Å²) in [6, 6.07) is 0. The summed E-state index contributed by atoms with van der Waals surface area (Å²) >= 11 is 0. The SMILES string of the molecule is O=C(NC1(CO)CC1)C(F)(F)F. The molecule has 3 nitrogen and oxygen atoms in total. The van der Waals surface area contributed by atoms with Gasteiger partial charge in [0.25, 0.3) is 0 Å². The van der Waals surface area contributed by atoms with E-state index in [4.69, 9.17) is 5.11 Å². The molecule has 0 aliphatic heterocycles. The van der Waals surface area contributed by atoms with Crippen LogP contribution in [0.1, 0.15) is 12.8 Å². The van der Waals surface area contributed by atoms with Gasteiger partial charge >= 0.3 is 12.1 Å². The summed E-state index contributed by atoms with van der Waals surface area (Å²) in [6.45, 7) is -0.436. The molecule has 0 radical (unpaired) electrons. The van der Waals surface area contributed by atoms with Gasteiger partial charge in [0, 0.05) is 0 Å². The highest BCUT2D eigenvalue weighted by molar-refractivity contribution is 5.82. The van der Waals surface area contributed by atoms with Gasteiger partial charge in [-0.25, -0.2) is 0 Å². The summed E-state index contributed by atoms with van der Waals surface area (Å²) < 4.78 is 34.9. The average molecular weight is 183 g/mol. The maximum absolute atomic E-state index is 11.6. The zero-order valence-electron chi connectivity index (χ0n) is 6.11. The normalized spacial score (nSPS) is 20.3. The topological polar surface area (TPSA) is 49.3 Å². The second-order valence-electron chi connectivity index (χ2n) is 2.89. The molecular weight excluding hydrogens is 175 g/mol. The number of carbonyl (C=O) groups is 1. The molecule has 0 aromatic heterocycles. The number of hydrogen-bond acceptors (Lipinski definition) is 2. The predicted molar refractivity (Wildman–Crippen MR) is 33.2 cm³/mol. The second-order valence-corrected chi connectivity index (χ2v) is 2.89. The van der Waals surface area contributed by atoms with Gasteiger partial charge in [0.05, 0.1) is 12.1 Å². The molecule has 0 saturated heterocycles. The van der Waals surface area contributed by atoms with Crippen molar-refractivity contribution in [1.29, 1.82) is 0 Å². The Kier molecular flexibility index (Phi) is 2.03. The first-order valence-corrected chi connectivity index (χ1v) is 3.40. The molecule has 1 aliphatic rings. The molecule has 1 saturated carbocycles. The Morgan fingerprint density at radius 1 is 1.50 bits per heavy atom. The Morgan fingerprint density at radius 2 is 2.00 bits per heavy atom. The number of halogens is 3. The van der Waals surface area contributed by atoms with E-state index in [9.17, 15) is 18.0 Å². The van der Waals surface area contributed by atoms with Crippen LogP contribution in [0.2, 0.25) is 0 Å². The highest BCUT2D eigenvalue weighted by atomic mass is 19.4. The van der Waals surface area contributed by atoms with Crippen molar-refractivity contribution in [3.8, 4) is 0 Å². The Hall–Kier alpha value is -0.780. The van der Waals surface area contributed by atoms with Gasteiger partial charge in [-0.1, -0.05) is 0 Å². The van der Waals surface area contributed by atoms with Crippen molar-refractivity contribution in [2.45, 2.75) is 24.6 Å². The summed E-state index contributed by atoms with van der Waals surface area (Å²) in [6.07, 6.45) is -4.04. The molecule has 1 aliphatic carbocycles. The van der Waals surface area contributed by atoms with Crippen LogP contribution in [0.25, 0.3) is 0 Å². The third-order valence-corrected chi connectivity index (χ3v) is 1.79. The Bertz CT molecular complexity index is 197. The number of alkyl halides is 3. The molecule has 0 unspecified atom stereocenters. The first-order valence-electron chi connectivity index (χ1n) is 3.40. The molecule has 1 amide bonds. The Balaban J connectivity index is 2.47. The van der Waals surface area contributed by atoms with Crippen molar-refractivity contribution in [1.82, 2.24) is 5.32 Å². The van der Waals surface area contributed by atoms with Gasteiger partial charge in [-0.2, -0.15) is 13.2 Å². The van der Waals surface area contributed by atoms with E-state index in [0.717, 1.165) is 0 Å². The molecule has 6 heteroatoms. The van der Waals surface area contributed by atoms with Gasteiger partial charge < -0.3 is 10.4 Å². The molecule has 1 fully saturated rings. The van der Waals surface area contributed by atoms with Crippen LogP contribution in [0.3, 0.4) is 0 Å². The smallest absolute Gasteiger partial charge is 0.394 e. The van der Waals surface area contributed by atoms with Crippen LogP contribution < -0.4 is 5.32 Å². The van der Waals surface area contributed by atoms with Crippen LogP contribution in [0.4, 0.5) is 13.2 Å². The zero-order valence-corrected chi connectivity index (χ0v) is 6.11. The van der Waals surface area contributed by atoms with Crippen molar-refractivity contribution < 1.29 is 23.1 Å². The van der Waals surface area contributed by atoms with Gasteiger partial charge in [0.15, 0.2) is 0 Å². The van der Waals surface area contributed by atoms with Crippen molar-refractivity contribution in [2.75, 3.05) is 6.61 Å². The minimum absolute atomic E-state index is 0.408. The van der Waals surface area contributed by atoms with Crippen LogP contribution in [0.15, 0.2) is 0 Å². The number of hydrogen-bond donors (Lipinski definition) is 2. The number of carbonyl (C=O) groups excluding carboxylic acids is 1. The lowest BCUT2D eigenvalue weighted by molar-refractivity contribution is -0.175. The van der Waals surface area contributed by atoms with Crippen molar-refractivity contribution >= 4 is 5.91 Å². The maximum Gasteiger partial charge on any atom is 0.471 e. The molecular formula is C6H8F3NO2. The maximum atomic E-state index is 11.6. The minimum atomic E-state index is -4.86. The van der Waals surface area contributed by atoms with Crippen LogP contribution in [-0.2, 0) is 4.79 Å². The lowest BCUT2D eigenvalue weighted by Gasteiger charge is -2.15. The highest BCUT2D eigenvalue weighted by Crippen LogP contribution is 2.35. The quantitative estimate of drug-likeness (QED) is 0.642. The first kappa shape index (κ1) is 9.31. The fourth-order valence-corrected chi connectivity index (χ4v) is 0.785. The Labute approximate surface area is 66.6 Å². The lowest BCUT2D eigenvalue weighted by Crippen LogP contribution is -2.46. The number of rotatable bonds is 2. The van der Waals surface area contributed by atoms with Crippen molar-refractivity contribution in [3.05, 3.63) is 0 Å². The Morgan fingerprint density at radius 3 is 2.25 bits per heavy atom. The molecule has 1 rings (SSSR count). The van der Waals surface area contributed by atoms with E-state index in [1.807, 2.05) is 0 Å². The molecule has 0 aromatic carbocycles. The summed E-state index contributed by atoms with van der Waals surface area (Å²) in [5.74, 6) is -1.98. The largest absolute Gasteiger partial charge is 0.471 e. The molecule has 0 bridgehead atoms. The summed E-state index contributed by atoms with van der Waals surface area (Å²) in [4.78, 5) is 10.3. The molecule has 70 valence electrons. The third kappa shape index (κ3) is 1.88. The zero-order chi connectivity index (χ0) is 9.41. The number of aliphatic hydroxyl groups is 1. The van der Waals surface area contributed by atoms with E-state index >= 15 is 0 Å². The van der Waals surface area contributed by atoms with E-state index in [2.05, 4.69) is 0 Å². The van der Waals surface area contributed by atoms with Crippen molar-refractivity contribution in [2.24, 2.45) is 0 Å². The number of aliphatic hydroxyl groups excluding tert-OH is 1. The third-order valence-electron chi connectivity index (χ3n) is 1.79. The van der Waals surface area contributed by atoms with Gasteiger partial charge in [-0.05, 0) is 12.8 Å². The van der Waals surface area contributed by atoms with Crippen LogP contribution in [0, 0.1) is 0 Å². The molecule has 12 heavy (non-hydrogen) atoms. The minimum Gasteiger partial charge on any atom is -0.394 e. The van der Waals surface area contributed by atoms with E-state index in [0.29, 0.717) is 12.8 Å². The van der Waals surface area contributed by atoms with Gasteiger partial charge in [-0.3, -0.25) is 4.79 Å². The van der Waals surface area contributed by atoms with Crippen LogP contribution in [-0.4, -0.2) is 29.3 Å². The standard InChI is InChI=1S/C6H8F3NO2/c7-6(8,9)4(12)10-5(3-11)1-2-5/h11H,1-3H2,(H,10,12). The monoisotopic (exact) mass is 183 g/mol. The van der Waals surface area contributed by atoms with Crippen LogP contribution in [0.5, 0.6) is 0 Å². The highest BCUT2D eigenvalue weighted by Gasteiger charge is 2.49. The van der Waals surface area contributed by atoms with Crippen molar-refractivity contribution in [3.63, 3.8) is 0 Å². The average Bonchev–Trinajstić information content (AvgIpc) is 2.67. The summed E-state index contributed by atoms with van der Waals surface area (Å²) in [5.41, 5.74) is -0.993. The molecule has 0 spiro atoms. The van der Waals surface area contributed by atoms with E-state index in [1.165, 1.54) is 0 Å². The lowest BCUT2D eigenvalue weighted by atomic mass is 10.3. The number of amides is 1. The van der Waals surface area contributed by atoms with E-state index < -0.39 is 24.2 Å². The van der Waals surface area contributed by atoms with Gasteiger partial charge in [0.2, 0.25) is 0 Å². The molecule has 0 heterocycles.